The Labute approximate surface area is 139 Å². The van der Waals surface area contributed by atoms with Crippen molar-refractivity contribution in [2.24, 2.45) is 17.8 Å². The minimum Gasteiger partial charge on any atom is -0.498 e. The quantitative estimate of drug-likeness (QED) is 0.351. The van der Waals surface area contributed by atoms with Gasteiger partial charge in [-0.1, -0.05) is 68.4 Å². The van der Waals surface area contributed by atoms with Crippen molar-refractivity contribution in [2.75, 3.05) is 6.61 Å². The summed E-state index contributed by atoms with van der Waals surface area (Å²) in [5, 5.41) is 3.77. The zero-order valence-electron chi connectivity index (χ0n) is 15.6. The molecule has 1 nitrogen and oxygen atoms in total. The number of fused-ring (bicyclic) bond motifs is 2. The van der Waals surface area contributed by atoms with Crippen LogP contribution in [0, 0.1) is 17.8 Å². The van der Waals surface area contributed by atoms with Crippen LogP contribution in [0.4, 0.5) is 0 Å². The first-order chi connectivity index (χ1) is 10.1. The van der Waals surface area contributed by atoms with Crippen molar-refractivity contribution in [3.05, 3.63) is 34.9 Å². The molecule has 0 unspecified atom stereocenters. The fraction of sp³-hybridized carbons (Fsp3) is 0.684. The van der Waals surface area contributed by atoms with Crippen LogP contribution >= 0.6 is 0 Å². The summed E-state index contributed by atoms with van der Waals surface area (Å²) in [6.45, 7) is 22.3. The lowest BCUT2D eigenvalue weighted by Gasteiger charge is -2.35. The third kappa shape index (κ3) is 3.35. The Balaban J connectivity index is 2.53. The predicted octanol–water partition coefficient (Wildman–Crippen LogP) is 5.80. The summed E-state index contributed by atoms with van der Waals surface area (Å²) in [6, 6.07) is 0. The van der Waals surface area contributed by atoms with Crippen LogP contribution in [0.25, 0.3) is 0 Å². The average Bonchev–Trinajstić information content (AvgIpc) is 2.59. The van der Waals surface area contributed by atoms with Gasteiger partial charge in [0.15, 0.2) is 0 Å². The lowest BCUT2D eigenvalue weighted by atomic mass is 9.90. The van der Waals surface area contributed by atoms with Crippen molar-refractivity contribution < 1.29 is 4.74 Å². The summed E-state index contributed by atoms with van der Waals surface area (Å²) in [7, 11) is -2.61. The third-order valence-electron chi connectivity index (χ3n) is 5.12. The van der Waals surface area contributed by atoms with Crippen molar-refractivity contribution in [3.63, 3.8) is 0 Å². The molecule has 0 radical (unpaired) electrons. The van der Waals surface area contributed by atoms with Gasteiger partial charge in [-0.15, -0.1) is 0 Å². The molecule has 0 aromatic carbocycles. The smallest absolute Gasteiger partial charge is 0.0962 e. The van der Waals surface area contributed by atoms with E-state index in [1.54, 1.807) is 0 Å². The van der Waals surface area contributed by atoms with Gasteiger partial charge in [0.05, 0.1) is 28.5 Å². The molecule has 2 rings (SSSR count). The Hall–Kier alpha value is -0.546. The van der Waals surface area contributed by atoms with Crippen LogP contribution in [0.3, 0.4) is 0 Å². The van der Waals surface area contributed by atoms with Gasteiger partial charge in [0.25, 0.3) is 0 Å². The second-order valence-electron chi connectivity index (χ2n) is 8.96. The van der Waals surface area contributed by atoms with Crippen molar-refractivity contribution in [2.45, 2.75) is 59.0 Å². The standard InChI is InChI=1S/C19H34OSi2/c1-9-20-14(2)16-12-10-11-15-13-17(16)19(22(6,7)8)18(15)21(3,4)5/h10,12,15-17H,2,9,11,13H2,1,3-8H3/t15-,16+,17-/m0/s1. The largest absolute Gasteiger partial charge is 0.498 e. The maximum absolute atomic E-state index is 5.83. The predicted molar refractivity (Wildman–Crippen MR) is 103 cm³/mol. The van der Waals surface area contributed by atoms with Crippen molar-refractivity contribution in [3.8, 4) is 0 Å². The maximum atomic E-state index is 5.83. The molecule has 2 bridgehead atoms. The molecule has 0 saturated carbocycles. The van der Waals surface area contributed by atoms with Crippen LogP contribution in [0.2, 0.25) is 39.3 Å². The highest BCUT2D eigenvalue weighted by molar-refractivity contribution is 6.89. The van der Waals surface area contributed by atoms with E-state index in [-0.39, 0.29) is 0 Å². The normalized spacial score (nSPS) is 28.8. The molecule has 3 atom stereocenters. The highest BCUT2D eigenvalue weighted by Crippen LogP contribution is 2.52. The SMILES string of the molecule is C=C(OCC)[C@H]1C=CC[C@H]2C[C@@H]1C([Si](C)(C)C)=C2[Si](C)(C)C. The molecule has 22 heavy (non-hydrogen) atoms. The summed E-state index contributed by atoms with van der Waals surface area (Å²) in [6.07, 6.45) is 7.34. The van der Waals surface area contributed by atoms with Crippen LogP contribution in [-0.2, 0) is 4.74 Å². The highest BCUT2D eigenvalue weighted by Gasteiger charge is 2.47. The first-order valence-electron chi connectivity index (χ1n) is 8.80. The molecule has 0 fully saturated rings. The van der Waals surface area contributed by atoms with E-state index in [0.29, 0.717) is 11.8 Å². The number of hydrogen-bond acceptors (Lipinski definition) is 1. The molecule has 0 aliphatic heterocycles. The molecule has 0 saturated heterocycles. The third-order valence-corrected chi connectivity index (χ3v) is 9.92. The Morgan fingerprint density at radius 2 is 1.73 bits per heavy atom. The minimum atomic E-state index is -1.33. The molecule has 0 aromatic rings. The Kier molecular flexibility index (Phi) is 4.98. The van der Waals surface area contributed by atoms with Crippen LogP contribution in [0.5, 0.6) is 0 Å². The lowest BCUT2D eigenvalue weighted by Crippen LogP contribution is -2.36. The Morgan fingerprint density at radius 3 is 2.23 bits per heavy atom. The molecule has 3 heteroatoms. The van der Waals surface area contributed by atoms with Gasteiger partial charge >= 0.3 is 0 Å². The summed E-state index contributed by atoms with van der Waals surface area (Å²) in [5.74, 6) is 2.81. The van der Waals surface area contributed by atoms with Crippen LogP contribution in [0.15, 0.2) is 34.9 Å². The van der Waals surface area contributed by atoms with E-state index in [4.69, 9.17) is 4.74 Å². The molecule has 0 aromatic heterocycles. The van der Waals surface area contributed by atoms with Crippen molar-refractivity contribution >= 4 is 16.1 Å². The number of ether oxygens (including phenoxy) is 1. The monoisotopic (exact) mass is 334 g/mol. The zero-order valence-corrected chi connectivity index (χ0v) is 17.6. The van der Waals surface area contributed by atoms with Gasteiger partial charge in [-0.3, -0.25) is 0 Å². The van der Waals surface area contributed by atoms with Gasteiger partial charge in [-0.25, -0.2) is 0 Å². The van der Waals surface area contributed by atoms with E-state index in [1.807, 2.05) is 10.4 Å². The Bertz CT molecular complexity index is 503. The topological polar surface area (TPSA) is 9.23 Å². The van der Waals surface area contributed by atoms with E-state index in [1.165, 1.54) is 12.8 Å². The average molecular weight is 335 g/mol. The van der Waals surface area contributed by atoms with E-state index < -0.39 is 16.1 Å². The first kappa shape index (κ1) is 17.8. The van der Waals surface area contributed by atoms with Gasteiger partial charge in [-0.05, 0) is 31.6 Å². The van der Waals surface area contributed by atoms with Gasteiger partial charge in [0.2, 0.25) is 0 Å². The Morgan fingerprint density at radius 1 is 1.14 bits per heavy atom. The molecule has 124 valence electrons. The zero-order chi connectivity index (χ0) is 16.7. The summed E-state index contributed by atoms with van der Waals surface area (Å²) < 4.78 is 5.83. The summed E-state index contributed by atoms with van der Waals surface area (Å²) >= 11 is 0. The van der Waals surface area contributed by atoms with E-state index in [2.05, 4.69) is 64.9 Å². The van der Waals surface area contributed by atoms with E-state index in [9.17, 15) is 0 Å². The van der Waals surface area contributed by atoms with Crippen LogP contribution in [0.1, 0.15) is 19.8 Å². The molecule has 0 heterocycles. The van der Waals surface area contributed by atoms with Crippen LogP contribution < -0.4 is 0 Å². The molecule has 0 amide bonds. The second-order valence-corrected chi connectivity index (χ2v) is 19.0. The summed E-state index contributed by atoms with van der Waals surface area (Å²) in [5.41, 5.74) is 0. The molecule has 0 N–H and O–H groups in total. The highest BCUT2D eigenvalue weighted by atomic mass is 28.3. The number of hydrogen-bond donors (Lipinski definition) is 0. The maximum Gasteiger partial charge on any atom is 0.0962 e. The van der Waals surface area contributed by atoms with Crippen molar-refractivity contribution in [1.82, 2.24) is 0 Å². The van der Waals surface area contributed by atoms with Gasteiger partial charge in [-0.2, -0.15) is 0 Å². The number of rotatable bonds is 5. The number of allylic oxidation sites excluding steroid dienone is 4. The molecular weight excluding hydrogens is 300 g/mol. The molecule has 2 aliphatic rings. The second kappa shape index (κ2) is 6.16. The minimum absolute atomic E-state index is 0.389. The van der Waals surface area contributed by atoms with E-state index in [0.717, 1.165) is 18.3 Å². The fourth-order valence-electron chi connectivity index (χ4n) is 4.62. The van der Waals surface area contributed by atoms with Crippen LogP contribution in [-0.4, -0.2) is 22.8 Å². The molecule has 2 aliphatic carbocycles. The lowest BCUT2D eigenvalue weighted by molar-refractivity contribution is 0.189. The summed E-state index contributed by atoms with van der Waals surface area (Å²) in [4.78, 5) is 0. The van der Waals surface area contributed by atoms with Gasteiger partial charge in [0, 0.05) is 5.92 Å². The van der Waals surface area contributed by atoms with Gasteiger partial charge in [0.1, 0.15) is 0 Å². The fourth-order valence-corrected chi connectivity index (χ4v) is 11.7. The first-order valence-corrected chi connectivity index (χ1v) is 15.8. The molecule has 0 spiro atoms. The van der Waals surface area contributed by atoms with Gasteiger partial charge < -0.3 is 4.74 Å². The molecular formula is C19H34OSi2. The van der Waals surface area contributed by atoms with E-state index >= 15 is 0 Å². The van der Waals surface area contributed by atoms with Crippen molar-refractivity contribution in [1.29, 1.82) is 0 Å².